The first-order chi connectivity index (χ1) is 8.69. The van der Waals surface area contributed by atoms with Crippen molar-refractivity contribution < 1.29 is 0 Å². The first-order valence-electron chi connectivity index (χ1n) is 5.91. The molecule has 0 aliphatic rings. The van der Waals surface area contributed by atoms with Crippen LogP contribution in [0.25, 0.3) is 0 Å². The van der Waals surface area contributed by atoms with E-state index >= 15 is 0 Å². The Morgan fingerprint density at radius 1 is 1.05 bits per heavy atom. The molecule has 0 amide bonds. The Labute approximate surface area is 131 Å². The zero-order valence-electron chi connectivity index (χ0n) is 11.5. The van der Waals surface area contributed by atoms with Crippen LogP contribution < -0.4 is 0 Å². The van der Waals surface area contributed by atoms with Crippen molar-refractivity contribution in [2.75, 3.05) is 0 Å². The van der Waals surface area contributed by atoms with Crippen LogP contribution in [0.4, 0.5) is 0 Å². The Hall–Kier alpha value is -0.840. The summed E-state index contributed by atoms with van der Waals surface area (Å²) in [5, 5.41) is 19.3. The number of hydrogen-bond donors (Lipinski definition) is 0. The molecule has 19 heavy (non-hydrogen) atoms. The molecule has 0 aliphatic heterocycles. The lowest BCUT2D eigenvalue weighted by Crippen LogP contribution is -2.20. The fourth-order valence-corrected chi connectivity index (χ4v) is 3.41. The van der Waals surface area contributed by atoms with Gasteiger partial charge in [-0.15, -0.1) is 0 Å². The van der Waals surface area contributed by atoms with Crippen molar-refractivity contribution in [1.29, 1.82) is 10.5 Å². The topological polar surface area (TPSA) is 47.6 Å². The predicted octanol–water partition coefficient (Wildman–Crippen LogP) is 4.95. The standard InChI is InChI=1S/C15H16Br2N2/c1-14(2,8-18)11-5-10(7-16)13(17)12(6-11)15(3,4)9-19/h5-6H,7H2,1-4H3. The third kappa shape index (κ3) is 3.19. The van der Waals surface area contributed by atoms with Crippen LogP contribution in [-0.2, 0) is 16.2 Å². The second-order valence-corrected chi connectivity index (χ2v) is 6.96. The highest BCUT2D eigenvalue weighted by Crippen LogP contribution is 2.37. The molecule has 0 atom stereocenters. The fourth-order valence-electron chi connectivity index (χ4n) is 1.72. The third-order valence-electron chi connectivity index (χ3n) is 3.25. The van der Waals surface area contributed by atoms with Crippen LogP contribution in [0.1, 0.15) is 44.4 Å². The molecule has 100 valence electrons. The quantitative estimate of drug-likeness (QED) is 0.693. The number of hydrogen-bond acceptors (Lipinski definition) is 2. The minimum absolute atomic E-state index is 0.572. The summed E-state index contributed by atoms with van der Waals surface area (Å²) in [6.07, 6.45) is 0. The summed E-state index contributed by atoms with van der Waals surface area (Å²) in [6.45, 7) is 7.54. The molecule has 1 aromatic carbocycles. The molecule has 0 aromatic heterocycles. The van der Waals surface area contributed by atoms with Gasteiger partial charge in [-0.25, -0.2) is 0 Å². The summed E-state index contributed by atoms with van der Waals surface area (Å²) >= 11 is 7.04. The van der Waals surface area contributed by atoms with Gasteiger partial charge in [-0.2, -0.15) is 10.5 Å². The summed E-state index contributed by atoms with van der Waals surface area (Å²) in [5.41, 5.74) is 1.74. The lowest BCUT2D eigenvalue weighted by Gasteiger charge is -2.24. The van der Waals surface area contributed by atoms with E-state index in [1.165, 1.54) is 0 Å². The van der Waals surface area contributed by atoms with Crippen LogP contribution in [-0.4, -0.2) is 0 Å². The molecule has 0 N–H and O–H groups in total. The summed E-state index contributed by atoms with van der Waals surface area (Å²) in [7, 11) is 0. The first kappa shape index (κ1) is 16.2. The van der Waals surface area contributed by atoms with Gasteiger partial charge in [-0.05, 0) is 44.4 Å². The third-order valence-corrected chi connectivity index (χ3v) is 4.79. The lowest BCUT2D eigenvalue weighted by molar-refractivity contribution is 0.657. The molecular weight excluding hydrogens is 368 g/mol. The number of alkyl halides is 1. The first-order valence-corrected chi connectivity index (χ1v) is 7.83. The number of halogens is 2. The van der Waals surface area contributed by atoms with Crippen LogP contribution in [0.15, 0.2) is 16.6 Å². The molecule has 0 radical (unpaired) electrons. The van der Waals surface area contributed by atoms with Gasteiger partial charge in [0, 0.05) is 9.80 Å². The minimum atomic E-state index is -0.600. The molecule has 0 bridgehead atoms. The molecule has 1 aromatic rings. The van der Waals surface area contributed by atoms with Gasteiger partial charge < -0.3 is 0 Å². The second kappa shape index (κ2) is 5.65. The van der Waals surface area contributed by atoms with Crippen molar-refractivity contribution in [1.82, 2.24) is 0 Å². The van der Waals surface area contributed by atoms with Gasteiger partial charge in [0.1, 0.15) is 0 Å². The molecule has 0 heterocycles. The van der Waals surface area contributed by atoms with Crippen molar-refractivity contribution in [2.24, 2.45) is 0 Å². The van der Waals surface area contributed by atoms with E-state index in [2.05, 4.69) is 44.0 Å². The van der Waals surface area contributed by atoms with Crippen LogP contribution in [0.2, 0.25) is 0 Å². The Kier molecular flexibility index (Phi) is 4.82. The SMILES string of the molecule is CC(C)(C#N)c1cc(CBr)c(Br)c(C(C)(C)C#N)c1. The Morgan fingerprint density at radius 2 is 1.58 bits per heavy atom. The number of nitrogens with zero attached hydrogens (tertiary/aromatic N) is 2. The van der Waals surface area contributed by atoms with Crippen molar-refractivity contribution in [2.45, 2.75) is 43.9 Å². The van der Waals surface area contributed by atoms with E-state index in [0.29, 0.717) is 5.33 Å². The van der Waals surface area contributed by atoms with E-state index in [0.717, 1.165) is 21.2 Å². The van der Waals surface area contributed by atoms with Crippen molar-refractivity contribution in [3.63, 3.8) is 0 Å². The number of nitriles is 2. The van der Waals surface area contributed by atoms with Crippen LogP contribution >= 0.6 is 31.9 Å². The summed E-state index contributed by atoms with van der Waals surface area (Å²) in [5.74, 6) is 0. The normalized spacial score (nSPS) is 11.8. The number of rotatable bonds is 3. The molecule has 0 spiro atoms. The van der Waals surface area contributed by atoms with Crippen LogP contribution in [0.5, 0.6) is 0 Å². The Morgan fingerprint density at radius 3 is 2.00 bits per heavy atom. The summed E-state index contributed by atoms with van der Waals surface area (Å²) in [6, 6.07) is 8.60. The van der Waals surface area contributed by atoms with Crippen molar-refractivity contribution in [3.8, 4) is 12.1 Å². The zero-order chi connectivity index (χ0) is 14.8. The van der Waals surface area contributed by atoms with Gasteiger partial charge in [0.05, 0.1) is 23.0 Å². The van der Waals surface area contributed by atoms with Gasteiger partial charge in [0.2, 0.25) is 0 Å². The van der Waals surface area contributed by atoms with E-state index in [-0.39, 0.29) is 0 Å². The highest BCUT2D eigenvalue weighted by atomic mass is 79.9. The van der Waals surface area contributed by atoms with E-state index in [9.17, 15) is 10.5 Å². The molecule has 0 fully saturated rings. The van der Waals surface area contributed by atoms with Gasteiger partial charge in [0.15, 0.2) is 0 Å². The Balaban J connectivity index is 3.64. The van der Waals surface area contributed by atoms with E-state index in [1.54, 1.807) is 0 Å². The fraction of sp³-hybridized carbons (Fsp3) is 0.467. The zero-order valence-corrected chi connectivity index (χ0v) is 14.7. The van der Waals surface area contributed by atoms with E-state index < -0.39 is 10.8 Å². The van der Waals surface area contributed by atoms with E-state index in [4.69, 9.17) is 0 Å². The Bertz CT molecular complexity index is 575. The van der Waals surface area contributed by atoms with Crippen LogP contribution in [0.3, 0.4) is 0 Å². The molecule has 1 rings (SSSR count). The maximum absolute atomic E-state index is 9.34. The molecule has 0 saturated carbocycles. The maximum atomic E-state index is 9.34. The van der Waals surface area contributed by atoms with Crippen molar-refractivity contribution >= 4 is 31.9 Å². The second-order valence-electron chi connectivity index (χ2n) is 5.60. The molecule has 0 saturated heterocycles. The van der Waals surface area contributed by atoms with Gasteiger partial charge >= 0.3 is 0 Å². The molecule has 4 heteroatoms. The monoisotopic (exact) mass is 382 g/mol. The average molecular weight is 384 g/mol. The summed E-state index contributed by atoms with van der Waals surface area (Å²) < 4.78 is 0.938. The van der Waals surface area contributed by atoms with E-state index in [1.807, 2.05) is 39.8 Å². The van der Waals surface area contributed by atoms with Gasteiger partial charge in [-0.1, -0.05) is 44.0 Å². The highest BCUT2D eigenvalue weighted by Gasteiger charge is 2.28. The molecule has 2 nitrogen and oxygen atoms in total. The highest BCUT2D eigenvalue weighted by molar-refractivity contribution is 9.10. The molecule has 0 unspecified atom stereocenters. The predicted molar refractivity (Wildman–Crippen MR) is 84.1 cm³/mol. The lowest BCUT2D eigenvalue weighted by atomic mass is 9.79. The average Bonchev–Trinajstić information content (AvgIpc) is 2.38. The summed E-state index contributed by atoms with van der Waals surface area (Å²) in [4.78, 5) is 0. The smallest absolute Gasteiger partial charge is 0.0777 e. The van der Waals surface area contributed by atoms with Crippen molar-refractivity contribution in [3.05, 3.63) is 33.3 Å². The molecular formula is C15H16Br2N2. The van der Waals surface area contributed by atoms with Gasteiger partial charge in [0.25, 0.3) is 0 Å². The van der Waals surface area contributed by atoms with Crippen LogP contribution in [0, 0.1) is 22.7 Å². The number of benzene rings is 1. The largest absolute Gasteiger partial charge is 0.197 e. The van der Waals surface area contributed by atoms with Gasteiger partial charge in [-0.3, -0.25) is 0 Å². The minimum Gasteiger partial charge on any atom is -0.197 e. The molecule has 0 aliphatic carbocycles. The maximum Gasteiger partial charge on any atom is 0.0777 e.